The number of rotatable bonds is 5. The molecular weight excluding hydrogens is 340 g/mol. The number of carbonyl (C=O) groups is 1. The third-order valence-corrected chi connectivity index (χ3v) is 4.46. The van der Waals surface area contributed by atoms with Gasteiger partial charge in [0.2, 0.25) is 0 Å². The molecule has 3 rings (SSSR count). The van der Waals surface area contributed by atoms with Crippen molar-refractivity contribution in [3.63, 3.8) is 0 Å². The first-order chi connectivity index (χ1) is 13.2. The van der Waals surface area contributed by atoms with Crippen LogP contribution in [0.15, 0.2) is 60.3 Å². The number of anilines is 3. The Hall–Kier alpha value is -3.46. The first kappa shape index (κ1) is 18.3. The lowest BCUT2D eigenvalue weighted by molar-refractivity contribution is -0.112. The van der Waals surface area contributed by atoms with Crippen molar-refractivity contribution < 1.29 is 9.90 Å². The maximum Gasteiger partial charge on any atom is 0.267 e. The number of nitrogens with zero attached hydrogens (tertiary/aromatic N) is 2. The Bertz CT molecular complexity index is 845. The molecule has 2 aromatic carbocycles. The minimum Gasteiger partial charge on any atom is -0.508 e. The number of nitriles is 1. The van der Waals surface area contributed by atoms with Crippen LogP contribution in [0.5, 0.6) is 5.75 Å². The Morgan fingerprint density at radius 3 is 2.26 bits per heavy atom. The molecule has 1 aliphatic heterocycles. The number of hydrogen-bond donors (Lipinski definition) is 3. The molecule has 1 aliphatic rings. The number of aromatic hydroxyl groups is 1. The topological polar surface area (TPSA) is 88.4 Å². The van der Waals surface area contributed by atoms with E-state index < -0.39 is 5.91 Å². The Morgan fingerprint density at radius 1 is 1.00 bits per heavy atom. The van der Waals surface area contributed by atoms with Crippen molar-refractivity contribution in [2.45, 2.75) is 19.3 Å². The highest BCUT2D eigenvalue weighted by molar-refractivity contribution is 6.06. The molecule has 0 aliphatic carbocycles. The average Bonchev–Trinajstić information content (AvgIpc) is 2.71. The third kappa shape index (κ3) is 5.02. The molecule has 0 saturated carbocycles. The van der Waals surface area contributed by atoms with E-state index in [1.54, 1.807) is 12.1 Å². The SMILES string of the molecule is N#C/C(=C/Nc1ccc(N2CCCCC2)cc1)C(=O)Nc1ccc(O)cc1. The van der Waals surface area contributed by atoms with Crippen molar-refractivity contribution >= 4 is 23.0 Å². The zero-order valence-electron chi connectivity index (χ0n) is 15.0. The summed E-state index contributed by atoms with van der Waals surface area (Å²) in [6.07, 6.45) is 5.14. The van der Waals surface area contributed by atoms with Gasteiger partial charge in [-0.25, -0.2) is 0 Å². The molecule has 138 valence electrons. The number of nitrogens with one attached hydrogen (secondary N) is 2. The minimum absolute atomic E-state index is 0.0387. The van der Waals surface area contributed by atoms with Crippen molar-refractivity contribution in [3.8, 4) is 11.8 Å². The van der Waals surface area contributed by atoms with E-state index in [-0.39, 0.29) is 11.3 Å². The Morgan fingerprint density at radius 2 is 1.63 bits per heavy atom. The number of carbonyl (C=O) groups excluding carboxylic acids is 1. The summed E-state index contributed by atoms with van der Waals surface area (Å²) in [7, 11) is 0. The van der Waals surface area contributed by atoms with Crippen molar-refractivity contribution in [2.75, 3.05) is 28.6 Å². The molecule has 0 spiro atoms. The largest absolute Gasteiger partial charge is 0.508 e. The monoisotopic (exact) mass is 362 g/mol. The highest BCUT2D eigenvalue weighted by Crippen LogP contribution is 2.22. The maximum absolute atomic E-state index is 12.2. The molecule has 0 radical (unpaired) electrons. The number of benzene rings is 2. The number of hydrogen-bond acceptors (Lipinski definition) is 5. The molecule has 1 fully saturated rings. The molecule has 2 aromatic rings. The van der Waals surface area contributed by atoms with Gasteiger partial charge in [-0.05, 0) is 67.8 Å². The Balaban J connectivity index is 1.61. The zero-order valence-corrected chi connectivity index (χ0v) is 15.0. The molecule has 6 heteroatoms. The van der Waals surface area contributed by atoms with Gasteiger partial charge in [0.15, 0.2) is 0 Å². The molecule has 0 unspecified atom stereocenters. The summed E-state index contributed by atoms with van der Waals surface area (Å²) in [5.74, 6) is -0.403. The molecule has 0 atom stereocenters. The fourth-order valence-electron chi connectivity index (χ4n) is 2.97. The van der Waals surface area contributed by atoms with E-state index in [1.807, 2.05) is 30.3 Å². The molecule has 6 nitrogen and oxygen atoms in total. The van der Waals surface area contributed by atoms with Crippen molar-refractivity contribution in [3.05, 3.63) is 60.3 Å². The van der Waals surface area contributed by atoms with Crippen LogP contribution in [0, 0.1) is 11.3 Å². The second-order valence-electron chi connectivity index (χ2n) is 6.41. The van der Waals surface area contributed by atoms with E-state index in [0.29, 0.717) is 5.69 Å². The van der Waals surface area contributed by atoms with Crippen LogP contribution in [0.3, 0.4) is 0 Å². The molecule has 0 bridgehead atoms. The van der Waals surface area contributed by atoms with Gasteiger partial charge in [0.1, 0.15) is 17.4 Å². The van der Waals surface area contributed by atoms with Crippen LogP contribution in [0.2, 0.25) is 0 Å². The van der Waals surface area contributed by atoms with E-state index in [0.717, 1.165) is 18.8 Å². The van der Waals surface area contributed by atoms with Crippen LogP contribution in [-0.2, 0) is 4.79 Å². The van der Waals surface area contributed by atoms with E-state index in [4.69, 9.17) is 0 Å². The summed E-state index contributed by atoms with van der Waals surface area (Å²) in [6.45, 7) is 2.17. The zero-order chi connectivity index (χ0) is 19.1. The van der Waals surface area contributed by atoms with Gasteiger partial charge in [0.25, 0.3) is 5.91 Å². The van der Waals surface area contributed by atoms with Gasteiger partial charge >= 0.3 is 0 Å². The number of phenolic OH excluding ortho intramolecular Hbond substituents is 1. The summed E-state index contributed by atoms with van der Waals surface area (Å²) in [4.78, 5) is 14.6. The van der Waals surface area contributed by atoms with Crippen LogP contribution < -0.4 is 15.5 Å². The Kier molecular flexibility index (Phi) is 5.95. The first-order valence-electron chi connectivity index (χ1n) is 8.98. The number of phenols is 1. The quantitative estimate of drug-likeness (QED) is 0.427. The fourth-order valence-corrected chi connectivity index (χ4v) is 2.97. The third-order valence-electron chi connectivity index (χ3n) is 4.46. The summed E-state index contributed by atoms with van der Waals surface area (Å²) < 4.78 is 0. The van der Waals surface area contributed by atoms with Crippen molar-refractivity contribution in [1.82, 2.24) is 0 Å². The second kappa shape index (κ2) is 8.77. The predicted octanol–water partition coefficient (Wildman–Crippen LogP) is 3.84. The molecule has 27 heavy (non-hydrogen) atoms. The molecular formula is C21H22N4O2. The normalized spacial score (nSPS) is 14.3. The lowest BCUT2D eigenvalue weighted by atomic mass is 10.1. The van der Waals surface area contributed by atoms with Gasteiger partial charge < -0.3 is 20.6 Å². The highest BCUT2D eigenvalue weighted by Gasteiger charge is 2.11. The highest BCUT2D eigenvalue weighted by atomic mass is 16.3. The van der Waals surface area contributed by atoms with Gasteiger partial charge in [-0.2, -0.15) is 5.26 Å². The summed E-state index contributed by atoms with van der Waals surface area (Å²) in [5.41, 5.74) is 2.46. The van der Waals surface area contributed by atoms with Crippen molar-refractivity contribution in [2.24, 2.45) is 0 Å². The maximum atomic E-state index is 12.2. The lowest BCUT2D eigenvalue weighted by Crippen LogP contribution is -2.29. The molecule has 0 aromatic heterocycles. The van der Waals surface area contributed by atoms with Gasteiger partial charge in [-0.15, -0.1) is 0 Å². The average molecular weight is 362 g/mol. The summed E-state index contributed by atoms with van der Waals surface area (Å²) in [6, 6.07) is 15.9. The van der Waals surface area contributed by atoms with Gasteiger partial charge in [-0.3, -0.25) is 4.79 Å². The van der Waals surface area contributed by atoms with Crippen LogP contribution in [0.25, 0.3) is 0 Å². The van der Waals surface area contributed by atoms with E-state index in [9.17, 15) is 15.2 Å². The van der Waals surface area contributed by atoms with Crippen LogP contribution in [0.4, 0.5) is 17.1 Å². The molecule has 1 amide bonds. The first-order valence-corrected chi connectivity index (χ1v) is 8.98. The molecule has 1 saturated heterocycles. The van der Waals surface area contributed by atoms with Crippen LogP contribution >= 0.6 is 0 Å². The van der Waals surface area contributed by atoms with Crippen LogP contribution in [0.1, 0.15) is 19.3 Å². The fraction of sp³-hybridized carbons (Fsp3) is 0.238. The van der Waals surface area contributed by atoms with Crippen LogP contribution in [-0.4, -0.2) is 24.1 Å². The molecule has 1 heterocycles. The predicted molar refractivity (Wildman–Crippen MR) is 107 cm³/mol. The smallest absolute Gasteiger partial charge is 0.267 e. The minimum atomic E-state index is -0.513. The van der Waals surface area contributed by atoms with E-state index in [2.05, 4.69) is 15.5 Å². The van der Waals surface area contributed by atoms with E-state index in [1.165, 1.54) is 43.3 Å². The number of piperidine rings is 1. The second-order valence-corrected chi connectivity index (χ2v) is 6.41. The van der Waals surface area contributed by atoms with E-state index >= 15 is 0 Å². The summed E-state index contributed by atoms with van der Waals surface area (Å²) in [5, 5.41) is 24.1. The van der Waals surface area contributed by atoms with Gasteiger partial charge in [-0.1, -0.05) is 0 Å². The standard InChI is InChI=1S/C21H22N4O2/c22-14-16(21(27)24-18-6-10-20(26)11-7-18)15-23-17-4-8-19(9-5-17)25-12-2-1-3-13-25/h4-11,15,23,26H,1-3,12-13H2,(H,24,27)/b16-15-. The Labute approximate surface area is 158 Å². The lowest BCUT2D eigenvalue weighted by Gasteiger charge is -2.28. The summed E-state index contributed by atoms with van der Waals surface area (Å²) >= 11 is 0. The van der Waals surface area contributed by atoms with Gasteiger partial charge in [0, 0.05) is 36.4 Å². The van der Waals surface area contributed by atoms with Gasteiger partial charge in [0.05, 0.1) is 0 Å². The molecule has 3 N–H and O–H groups in total. The number of amides is 1. The van der Waals surface area contributed by atoms with Crippen molar-refractivity contribution in [1.29, 1.82) is 5.26 Å².